The minimum absolute atomic E-state index is 0.0633. The fourth-order valence-corrected chi connectivity index (χ4v) is 2.30. The second-order valence-electron chi connectivity index (χ2n) is 4.50. The van der Waals surface area contributed by atoms with Gasteiger partial charge in [0.2, 0.25) is 5.91 Å². The van der Waals surface area contributed by atoms with Crippen LogP contribution in [-0.2, 0) is 4.79 Å². The first kappa shape index (κ1) is 13.1. The maximum absolute atomic E-state index is 12.9. The van der Waals surface area contributed by atoms with E-state index in [0.29, 0.717) is 11.6 Å². The Labute approximate surface area is 111 Å². The molecule has 1 aromatic rings. The molecule has 1 aromatic carbocycles. The van der Waals surface area contributed by atoms with Gasteiger partial charge in [-0.1, -0.05) is 30.5 Å². The average molecular weight is 268 g/mol. The molecular weight excluding hydrogens is 253 g/mol. The third kappa shape index (κ3) is 3.57. The van der Waals surface area contributed by atoms with Crippen LogP contribution in [0.25, 0.3) is 6.08 Å². The number of nitrogens with one attached hydrogen (secondary N) is 1. The summed E-state index contributed by atoms with van der Waals surface area (Å²) in [6, 6.07) is 4.67. The summed E-state index contributed by atoms with van der Waals surface area (Å²) in [6.45, 7) is 0. The topological polar surface area (TPSA) is 29.1 Å². The quantitative estimate of drug-likeness (QED) is 0.834. The van der Waals surface area contributed by atoms with E-state index in [2.05, 4.69) is 5.32 Å². The fraction of sp³-hybridized carbons (Fsp3) is 0.357. The summed E-state index contributed by atoms with van der Waals surface area (Å²) >= 11 is 5.66. The Morgan fingerprint density at radius 3 is 2.78 bits per heavy atom. The average Bonchev–Trinajstić information content (AvgIpc) is 2.83. The summed E-state index contributed by atoms with van der Waals surface area (Å²) in [5, 5.41) is 3.01. The Morgan fingerprint density at radius 1 is 1.39 bits per heavy atom. The van der Waals surface area contributed by atoms with Crippen LogP contribution in [0.4, 0.5) is 4.39 Å². The van der Waals surface area contributed by atoms with Crippen molar-refractivity contribution in [2.75, 3.05) is 0 Å². The van der Waals surface area contributed by atoms with Crippen molar-refractivity contribution in [2.24, 2.45) is 0 Å². The van der Waals surface area contributed by atoms with Crippen LogP contribution in [0, 0.1) is 5.82 Å². The lowest BCUT2D eigenvalue weighted by atomic mass is 10.2. The standard InChI is InChI=1S/C14H15ClFNO/c15-12-9-10(5-7-13(12)16)6-8-14(18)17-11-3-1-2-4-11/h5-9,11H,1-4H2,(H,17,18)/b8-6-. The van der Waals surface area contributed by atoms with Gasteiger partial charge in [-0.3, -0.25) is 4.79 Å². The zero-order chi connectivity index (χ0) is 13.0. The van der Waals surface area contributed by atoms with E-state index in [0.717, 1.165) is 12.8 Å². The Hall–Kier alpha value is -1.35. The van der Waals surface area contributed by atoms with Crippen molar-refractivity contribution in [2.45, 2.75) is 31.7 Å². The largest absolute Gasteiger partial charge is 0.350 e. The lowest BCUT2D eigenvalue weighted by molar-refractivity contribution is -0.117. The fourth-order valence-electron chi connectivity index (χ4n) is 2.11. The van der Waals surface area contributed by atoms with Gasteiger partial charge in [-0.2, -0.15) is 0 Å². The lowest BCUT2D eigenvalue weighted by Gasteiger charge is -2.09. The molecule has 1 fully saturated rings. The van der Waals surface area contributed by atoms with E-state index >= 15 is 0 Å². The van der Waals surface area contributed by atoms with E-state index in [1.165, 1.54) is 31.1 Å². The summed E-state index contributed by atoms with van der Waals surface area (Å²) in [6.07, 6.45) is 7.58. The number of amides is 1. The van der Waals surface area contributed by atoms with Crippen LogP contribution in [0.15, 0.2) is 24.3 Å². The van der Waals surface area contributed by atoms with Gasteiger partial charge in [-0.25, -0.2) is 4.39 Å². The van der Waals surface area contributed by atoms with Crippen LogP contribution < -0.4 is 5.32 Å². The van der Waals surface area contributed by atoms with Crippen molar-refractivity contribution in [1.82, 2.24) is 5.32 Å². The van der Waals surface area contributed by atoms with E-state index in [-0.39, 0.29) is 10.9 Å². The predicted molar refractivity (Wildman–Crippen MR) is 70.8 cm³/mol. The van der Waals surface area contributed by atoms with Crippen molar-refractivity contribution in [3.63, 3.8) is 0 Å². The van der Waals surface area contributed by atoms with Gasteiger partial charge in [0.1, 0.15) is 5.82 Å². The Morgan fingerprint density at radius 2 is 2.11 bits per heavy atom. The highest BCUT2D eigenvalue weighted by Gasteiger charge is 2.15. The Kier molecular flexibility index (Phi) is 4.37. The van der Waals surface area contributed by atoms with Crippen molar-refractivity contribution in [3.8, 4) is 0 Å². The first-order valence-electron chi connectivity index (χ1n) is 6.09. The van der Waals surface area contributed by atoms with E-state index in [1.807, 2.05) is 0 Å². The van der Waals surface area contributed by atoms with Crippen LogP contribution >= 0.6 is 11.6 Å². The molecule has 18 heavy (non-hydrogen) atoms. The normalized spacial score (nSPS) is 16.3. The zero-order valence-corrected chi connectivity index (χ0v) is 10.7. The zero-order valence-electron chi connectivity index (χ0n) is 9.96. The molecule has 0 heterocycles. The summed E-state index contributed by atoms with van der Waals surface area (Å²) in [5.74, 6) is -0.563. The third-order valence-electron chi connectivity index (χ3n) is 3.07. The summed E-state index contributed by atoms with van der Waals surface area (Å²) in [4.78, 5) is 11.6. The molecule has 0 unspecified atom stereocenters. The molecule has 0 spiro atoms. The first-order valence-corrected chi connectivity index (χ1v) is 6.46. The van der Waals surface area contributed by atoms with Crippen LogP contribution in [0.5, 0.6) is 0 Å². The molecule has 0 bridgehead atoms. The number of rotatable bonds is 3. The SMILES string of the molecule is O=C(/C=C\c1ccc(F)c(Cl)c1)NC1CCCC1. The summed E-state index contributed by atoms with van der Waals surface area (Å²) in [5.41, 5.74) is 0.711. The molecule has 2 rings (SSSR count). The van der Waals surface area contributed by atoms with Crippen LogP contribution in [-0.4, -0.2) is 11.9 Å². The third-order valence-corrected chi connectivity index (χ3v) is 3.36. The first-order chi connectivity index (χ1) is 8.65. The maximum atomic E-state index is 12.9. The van der Waals surface area contributed by atoms with Gasteiger partial charge in [0.25, 0.3) is 0 Å². The van der Waals surface area contributed by atoms with E-state index in [4.69, 9.17) is 11.6 Å². The Bertz CT molecular complexity index is 467. The number of hydrogen-bond donors (Lipinski definition) is 1. The van der Waals surface area contributed by atoms with Crippen molar-refractivity contribution in [1.29, 1.82) is 0 Å². The van der Waals surface area contributed by atoms with Crippen LogP contribution in [0.1, 0.15) is 31.2 Å². The van der Waals surface area contributed by atoms with Crippen molar-refractivity contribution >= 4 is 23.6 Å². The predicted octanol–water partition coefficient (Wildman–Crippen LogP) is 3.55. The number of carbonyl (C=O) groups excluding carboxylic acids is 1. The molecule has 0 atom stereocenters. The smallest absolute Gasteiger partial charge is 0.244 e. The molecule has 1 saturated carbocycles. The molecule has 4 heteroatoms. The number of hydrogen-bond acceptors (Lipinski definition) is 1. The van der Waals surface area contributed by atoms with E-state index in [1.54, 1.807) is 12.1 Å². The van der Waals surface area contributed by atoms with Crippen LogP contribution in [0.3, 0.4) is 0 Å². The van der Waals surface area contributed by atoms with Crippen molar-refractivity contribution in [3.05, 3.63) is 40.7 Å². The minimum Gasteiger partial charge on any atom is -0.350 e. The number of benzene rings is 1. The molecule has 96 valence electrons. The van der Waals surface area contributed by atoms with Gasteiger partial charge >= 0.3 is 0 Å². The molecule has 1 N–H and O–H groups in total. The summed E-state index contributed by atoms with van der Waals surface area (Å²) < 4.78 is 12.9. The molecule has 1 amide bonds. The van der Waals surface area contributed by atoms with Gasteiger partial charge in [-0.05, 0) is 36.6 Å². The van der Waals surface area contributed by atoms with Gasteiger partial charge in [0.05, 0.1) is 5.02 Å². The van der Waals surface area contributed by atoms with Gasteiger partial charge in [0.15, 0.2) is 0 Å². The van der Waals surface area contributed by atoms with Gasteiger partial charge in [0, 0.05) is 12.1 Å². The van der Waals surface area contributed by atoms with Gasteiger partial charge < -0.3 is 5.32 Å². The molecule has 0 radical (unpaired) electrons. The van der Waals surface area contributed by atoms with E-state index < -0.39 is 5.82 Å². The Balaban J connectivity index is 1.92. The second-order valence-corrected chi connectivity index (χ2v) is 4.90. The molecule has 0 aliphatic heterocycles. The number of carbonyl (C=O) groups is 1. The molecule has 2 nitrogen and oxygen atoms in total. The monoisotopic (exact) mass is 267 g/mol. The molecule has 0 aromatic heterocycles. The second kappa shape index (κ2) is 6.01. The molecule has 1 aliphatic carbocycles. The number of halogens is 2. The van der Waals surface area contributed by atoms with Crippen molar-refractivity contribution < 1.29 is 9.18 Å². The van der Waals surface area contributed by atoms with Gasteiger partial charge in [-0.15, -0.1) is 0 Å². The highest BCUT2D eigenvalue weighted by atomic mass is 35.5. The maximum Gasteiger partial charge on any atom is 0.244 e. The van der Waals surface area contributed by atoms with E-state index in [9.17, 15) is 9.18 Å². The lowest BCUT2D eigenvalue weighted by Crippen LogP contribution is -2.30. The highest BCUT2D eigenvalue weighted by molar-refractivity contribution is 6.30. The molecule has 0 saturated heterocycles. The summed E-state index contributed by atoms with van der Waals surface area (Å²) in [7, 11) is 0. The minimum atomic E-state index is -0.454. The highest BCUT2D eigenvalue weighted by Crippen LogP contribution is 2.18. The van der Waals surface area contributed by atoms with Crippen LogP contribution in [0.2, 0.25) is 5.02 Å². The molecular formula is C14H15ClFNO. The molecule has 1 aliphatic rings.